The van der Waals surface area contributed by atoms with Crippen LogP contribution in [-0.4, -0.2) is 15.2 Å². The van der Waals surface area contributed by atoms with Crippen molar-refractivity contribution in [3.05, 3.63) is 47.5 Å². The Morgan fingerprint density at radius 2 is 2.00 bits per heavy atom. The molecule has 0 atom stereocenters. The van der Waals surface area contributed by atoms with Gasteiger partial charge in [-0.05, 0) is 17.5 Å². The highest BCUT2D eigenvalue weighted by molar-refractivity contribution is 5.26. The number of hydrogen-bond acceptors (Lipinski definition) is 3. The number of benzene rings is 1. The van der Waals surface area contributed by atoms with E-state index in [0.29, 0.717) is 0 Å². The van der Waals surface area contributed by atoms with Crippen LogP contribution < -0.4 is 5.32 Å². The Bertz CT molecular complexity index is 422. The molecule has 0 saturated heterocycles. The van der Waals surface area contributed by atoms with Crippen LogP contribution in [0.1, 0.15) is 23.9 Å². The third-order valence-corrected chi connectivity index (χ3v) is 2.57. The Labute approximate surface area is 95.1 Å². The van der Waals surface area contributed by atoms with Crippen molar-refractivity contribution in [1.82, 2.24) is 20.5 Å². The molecule has 0 aliphatic carbocycles. The van der Waals surface area contributed by atoms with Crippen LogP contribution in [0.4, 0.5) is 0 Å². The van der Waals surface area contributed by atoms with Crippen LogP contribution in [0.2, 0.25) is 0 Å². The standard InChI is InChI=1S/C12H16N4/c1-2-10-5-3-4-6-11(10)7-13-8-12-14-9-15-16-12/h3-6,9,13H,2,7-8H2,1H3,(H,14,15,16). The van der Waals surface area contributed by atoms with Gasteiger partial charge in [-0.15, -0.1) is 0 Å². The Morgan fingerprint density at radius 3 is 2.69 bits per heavy atom. The third kappa shape index (κ3) is 2.67. The van der Waals surface area contributed by atoms with Gasteiger partial charge in [-0.3, -0.25) is 5.10 Å². The second-order valence-corrected chi connectivity index (χ2v) is 3.66. The summed E-state index contributed by atoms with van der Waals surface area (Å²) in [5.41, 5.74) is 2.75. The summed E-state index contributed by atoms with van der Waals surface area (Å²) in [6.45, 7) is 3.76. The van der Waals surface area contributed by atoms with Crippen molar-refractivity contribution >= 4 is 0 Å². The van der Waals surface area contributed by atoms with Gasteiger partial charge in [0.1, 0.15) is 12.2 Å². The van der Waals surface area contributed by atoms with Gasteiger partial charge in [0.05, 0.1) is 6.54 Å². The maximum Gasteiger partial charge on any atom is 0.138 e. The minimum Gasteiger partial charge on any atom is -0.306 e. The highest BCUT2D eigenvalue weighted by Gasteiger charge is 2.00. The quantitative estimate of drug-likeness (QED) is 0.799. The monoisotopic (exact) mass is 216 g/mol. The summed E-state index contributed by atoms with van der Waals surface area (Å²) in [6, 6.07) is 8.49. The van der Waals surface area contributed by atoms with Crippen molar-refractivity contribution in [3.8, 4) is 0 Å². The number of nitrogens with one attached hydrogen (secondary N) is 2. The molecule has 0 radical (unpaired) electrons. The molecule has 2 N–H and O–H groups in total. The predicted molar refractivity (Wildman–Crippen MR) is 62.7 cm³/mol. The first-order chi connectivity index (χ1) is 7.90. The fourth-order valence-corrected chi connectivity index (χ4v) is 1.71. The highest BCUT2D eigenvalue weighted by atomic mass is 15.2. The molecular weight excluding hydrogens is 200 g/mol. The summed E-state index contributed by atoms with van der Waals surface area (Å²) in [6.07, 6.45) is 2.59. The molecular formula is C12H16N4. The zero-order valence-corrected chi connectivity index (χ0v) is 9.40. The summed E-state index contributed by atoms with van der Waals surface area (Å²) in [7, 11) is 0. The lowest BCUT2D eigenvalue weighted by Gasteiger charge is -2.07. The van der Waals surface area contributed by atoms with E-state index in [0.717, 1.165) is 25.3 Å². The van der Waals surface area contributed by atoms with E-state index in [1.165, 1.54) is 17.5 Å². The van der Waals surface area contributed by atoms with E-state index in [1.54, 1.807) is 0 Å². The van der Waals surface area contributed by atoms with E-state index in [1.807, 2.05) is 0 Å². The Kier molecular flexibility index (Phi) is 3.66. The molecule has 16 heavy (non-hydrogen) atoms. The Hall–Kier alpha value is -1.68. The van der Waals surface area contributed by atoms with Crippen LogP contribution in [0.25, 0.3) is 0 Å². The molecule has 0 aliphatic rings. The van der Waals surface area contributed by atoms with Crippen molar-refractivity contribution in [3.63, 3.8) is 0 Å². The minimum absolute atomic E-state index is 0.720. The van der Waals surface area contributed by atoms with Crippen molar-refractivity contribution in [2.24, 2.45) is 0 Å². The average molecular weight is 216 g/mol. The van der Waals surface area contributed by atoms with Crippen LogP contribution >= 0.6 is 0 Å². The normalized spacial score (nSPS) is 10.6. The molecule has 0 fully saturated rings. The van der Waals surface area contributed by atoms with Gasteiger partial charge in [-0.25, -0.2) is 4.98 Å². The van der Waals surface area contributed by atoms with Gasteiger partial charge >= 0.3 is 0 Å². The molecule has 0 saturated carbocycles. The molecule has 2 rings (SSSR count). The van der Waals surface area contributed by atoms with Gasteiger partial charge in [0.25, 0.3) is 0 Å². The highest BCUT2D eigenvalue weighted by Crippen LogP contribution is 2.08. The molecule has 1 aromatic carbocycles. The van der Waals surface area contributed by atoms with E-state index < -0.39 is 0 Å². The summed E-state index contributed by atoms with van der Waals surface area (Å²) in [5.74, 6) is 0.869. The molecule has 2 aromatic rings. The molecule has 1 aromatic heterocycles. The predicted octanol–water partition coefficient (Wildman–Crippen LogP) is 1.66. The summed E-state index contributed by atoms with van der Waals surface area (Å²) in [5, 5.41) is 9.98. The van der Waals surface area contributed by atoms with Crippen LogP contribution in [0.15, 0.2) is 30.6 Å². The zero-order chi connectivity index (χ0) is 11.2. The van der Waals surface area contributed by atoms with E-state index in [9.17, 15) is 0 Å². The lowest BCUT2D eigenvalue weighted by molar-refractivity contribution is 0.661. The first-order valence-electron chi connectivity index (χ1n) is 5.52. The molecule has 0 aliphatic heterocycles. The fraction of sp³-hybridized carbons (Fsp3) is 0.333. The number of rotatable bonds is 5. The molecule has 0 amide bonds. The maximum atomic E-state index is 4.06. The lowest BCUT2D eigenvalue weighted by Crippen LogP contribution is -2.14. The minimum atomic E-state index is 0.720. The van der Waals surface area contributed by atoms with Gasteiger partial charge in [0, 0.05) is 6.54 Å². The maximum absolute atomic E-state index is 4.06. The zero-order valence-electron chi connectivity index (χ0n) is 9.40. The summed E-state index contributed by atoms with van der Waals surface area (Å²) >= 11 is 0. The van der Waals surface area contributed by atoms with E-state index >= 15 is 0 Å². The van der Waals surface area contributed by atoms with E-state index in [2.05, 4.69) is 51.7 Å². The summed E-state index contributed by atoms with van der Waals surface area (Å²) < 4.78 is 0. The number of aryl methyl sites for hydroxylation is 1. The van der Waals surface area contributed by atoms with Crippen LogP contribution in [-0.2, 0) is 19.5 Å². The number of aromatic nitrogens is 3. The smallest absolute Gasteiger partial charge is 0.138 e. The molecule has 4 nitrogen and oxygen atoms in total. The molecule has 0 spiro atoms. The number of hydrogen-bond donors (Lipinski definition) is 2. The third-order valence-electron chi connectivity index (χ3n) is 2.57. The SMILES string of the molecule is CCc1ccccc1CNCc1ncn[nH]1. The van der Waals surface area contributed by atoms with Crippen molar-refractivity contribution in [2.45, 2.75) is 26.4 Å². The van der Waals surface area contributed by atoms with Gasteiger partial charge in [0.15, 0.2) is 0 Å². The van der Waals surface area contributed by atoms with Gasteiger partial charge < -0.3 is 5.32 Å². The van der Waals surface area contributed by atoms with Gasteiger partial charge in [0.2, 0.25) is 0 Å². The van der Waals surface area contributed by atoms with Crippen molar-refractivity contribution in [2.75, 3.05) is 0 Å². The number of nitrogens with zero attached hydrogens (tertiary/aromatic N) is 2. The first-order valence-corrected chi connectivity index (χ1v) is 5.52. The van der Waals surface area contributed by atoms with E-state index in [-0.39, 0.29) is 0 Å². The van der Waals surface area contributed by atoms with E-state index in [4.69, 9.17) is 0 Å². The molecule has 0 unspecified atom stereocenters. The fourth-order valence-electron chi connectivity index (χ4n) is 1.71. The Morgan fingerprint density at radius 1 is 1.19 bits per heavy atom. The summed E-state index contributed by atoms with van der Waals surface area (Å²) in [4.78, 5) is 4.06. The molecule has 0 bridgehead atoms. The largest absolute Gasteiger partial charge is 0.306 e. The first kappa shape index (κ1) is 10.8. The molecule has 84 valence electrons. The lowest BCUT2D eigenvalue weighted by atomic mass is 10.1. The van der Waals surface area contributed by atoms with Crippen LogP contribution in [0.3, 0.4) is 0 Å². The van der Waals surface area contributed by atoms with Crippen LogP contribution in [0, 0.1) is 0 Å². The second-order valence-electron chi connectivity index (χ2n) is 3.66. The van der Waals surface area contributed by atoms with Crippen molar-refractivity contribution < 1.29 is 0 Å². The van der Waals surface area contributed by atoms with Crippen molar-refractivity contribution in [1.29, 1.82) is 0 Å². The average Bonchev–Trinajstić information content (AvgIpc) is 2.83. The van der Waals surface area contributed by atoms with Gasteiger partial charge in [-0.2, -0.15) is 5.10 Å². The number of H-pyrrole nitrogens is 1. The molecule has 4 heteroatoms. The molecule has 1 heterocycles. The Balaban J connectivity index is 1.89. The van der Waals surface area contributed by atoms with Gasteiger partial charge in [-0.1, -0.05) is 31.2 Å². The second kappa shape index (κ2) is 5.42. The topological polar surface area (TPSA) is 53.6 Å². The van der Waals surface area contributed by atoms with Crippen LogP contribution in [0.5, 0.6) is 0 Å². The number of aromatic amines is 1.